The minimum atomic E-state index is -0.313. The van der Waals surface area contributed by atoms with Crippen molar-refractivity contribution in [3.8, 4) is 17.2 Å². The fourth-order valence-corrected chi connectivity index (χ4v) is 6.91. The van der Waals surface area contributed by atoms with E-state index in [1.165, 1.54) is 16.9 Å². The van der Waals surface area contributed by atoms with E-state index < -0.39 is 0 Å². The van der Waals surface area contributed by atoms with Crippen molar-refractivity contribution in [1.29, 1.82) is 0 Å². The van der Waals surface area contributed by atoms with Crippen LogP contribution in [0.15, 0.2) is 76.0 Å². The lowest BCUT2D eigenvalue weighted by molar-refractivity contribution is 0.317. The minimum absolute atomic E-state index is 0.101. The Morgan fingerprint density at radius 1 is 1.13 bits per heavy atom. The van der Waals surface area contributed by atoms with Gasteiger partial charge in [0.25, 0.3) is 5.56 Å². The number of rotatable bonds is 5. The van der Waals surface area contributed by atoms with Gasteiger partial charge in [0.15, 0.2) is 16.3 Å². The van der Waals surface area contributed by atoms with Crippen molar-refractivity contribution in [2.45, 2.75) is 25.8 Å². The number of ether oxygens (including phenoxy) is 2. The molecule has 1 N–H and O–H groups in total. The SMILES string of the molecule is CCOc1cc(/C=c2\sc3n(c2=O)[C@H](c2ccccc2OC)C2=C(N=3)c3ccccc3CC2)cc(I)c1O. The summed E-state index contributed by atoms with van der Waals surface area (Å²) in [6.45, 7) is 2.30. The van der Waals surface area contributed by atoms with Crippen molar-refractivity contribution in [3.63, 3.8) is 0 Å². The molecule has 8 heteroatoms. The van der Waals surface area contributed by atoms with Crippen molar-refractivity contribution in [3.05, 3.63) is 112 Å². The number of phenolic OH excluding ortho intramolecular Hbond substituents is 1. The molecule has 38 heavy (non-hydrogen) atoms. The standard InChI is InChI=1S/C30H25IN2O4S/c1-3-37-24-15-17(14-22(31)28(24)34)16-25-29(35)33-27(20-10-6-7-11-23(20)36-2)21-13-12-18-8-4-5-9-19(18)26(21)32-30(33)38-25/h4-11,14-16,27,34H,3,12-13H2,1-2H3/b25-16-/t27-/m1/s1. The lowest BCUT2D eigenvalue weighted by Crippen LogP contribution is -2.39. The number of phenols is 1. The van der Waals surface area contributed by atoms with Crippen LogP contribution in [0.4, 0.5) is 0 Å². The molecule has 4 aromatic rings. The number of para-hydroxylation sites is 1. The molecular formula is C30H25IN2O4S. The number of halogens is 1. The van der Waals surface area contributed by atoms with E-state index in [2.05, 4.69) is 40.8 Å². The highest BCUT2D eigenvalue weighted by molar-refractivity contribution is 14.1. The van der Waals surface area contributed by atoms with Gasteiger partial charge < -0.3 is 14.6 Å². The Hall–Kier alpha value is -3.37. The molecule has 0 radical (unpaired) electrons. The topological polar surface area (TPSA) is 73.0 Å². The summed E-state index contributed by atoms with van der Waals surface area (Å²) in [4.78, 5) is 19.8. The van der Waals surface area contributed by atoms with Gasteiger partial charge in [0.2, 0.25) is 0 Å². The molecule has 6 nitrogen and oxygen atoms in total. The molecule has 0 amide bonds. The Labute approximate surface area is 237 Å². The van der Waals surface area contributed by atoms with E-state index in [1.54, 1.807) is 13.2 Å². The number of fused-ring (bicyclic) bond motifs is 3. The van der Waals surface area contributed by atoms with Gasteiger partial charge in [-0.1, -0.05) is 53.8 Å². The largest absolute Gasteiger partial charge is 0.504 e. The Bertz CT molecular complexity index is 1790. The molecule has 0 spiro atoms. The highest BCUT2D eigenvalue weighted by Gasteiger charge is 2.34. The smallest absolute Gasteiger partial charge is 0.271 e. The van der Waals surface area contributed by atoms with Gasteiger partial charge in [-0.05, 0) is 83.3 Å². The van der Waals surface area contributed by atoms with Crippen LogP contribution in [-0.2, 0) is 6.42 Å². The molecule has 0 saturated carbocycles. The maximum atomic E-state index is 14.0. The number of thiazole rings is 1. The van der Waals surface area contributed by atoms with Gasteiger partial charge in [0.1, 0.15) is 5.75 Å². The highest BCUT2D eigenvalue weighted by atomic mass is 127. The Morgan fingerprint density at radius 2 is 1.92 bits per heavy atom. The molecule has 2 aliphatic rings. The molecule has 1 aliphatic heterocycles. The summed E-state index contributed by atoms with van der Waals surface area (Å²) in [7, 11) is 1.66. The van der Waals surface area contributed by atoms with Crippen molar-refractivity contribution >= 4 is 45.7 Å². The minimum Gasteiger partial charge on any atom is -0.504 e. The first kappa shape index (κ1) is 24.9. The van der Waals surface area contributed by atoms with Crippen LogP contribution in [0.25, 0.3) is 11.8 Å². The van der Waals surface area contributed by atoms with Crippen LogP contribution in [0.1, 0.15) is 41.6 Å². The quantitative estimate of drug-likeness (QED) is 0.312. The van der Waals surface area contributed by atoms with Gasteiger partial charge >= 0.3 is 0 Å². The maximum Gasteiger partial charge on any atom is 0.271 e. The predicted octanol–water partition coefficient (Wildman–Crippen LogP) is 5.04. The zero-order valence-corrected chi connectivity index (χ0v) is 23.9. The third kappa shape index (κ3) is 4.16. The molecule has 1 aliphatic carbocycles. The summed E-state index contributed by atoms with van der Waals surface area (Å²) in [6, 6.07) is 19.6. The van der Waals surface area contributed by atoms with Crippen molar-refractivity contribution in [2.75, 3.05) is 13.7 Å². The van der Waals surface area contributed by atoms with Gasteiger partial charge in [-0.15, -0.1) is 0 Å². The van der Waals surface area contributed by atoms with Crippen LogP contribution < -0.4 is 24.4 Å². The zero-order valence-electron chi connectivity index (χ0n) is 20.9. The van der Waals surface area contributed by atoms with Crippen molar-refractivity contribution in [1.82, 2.24) is 4.57 Å². The van der Waals surface area contributed by atoms with Gasteiger partial charge in [0.05, 0.1) is 33.6 Å². The van der Waals surface area contributed by atoms with Crippen LogP contribution in [0.5, 0.6) is 17.2 Å². The van der Waals surface area contributed by atoms with E-state index in [4.69, 9.17) is 14.5 Å². The second kappa shape index (κ2) is 10.1. The Balaban J connectivity index is 1.61. The first-order chi connectivity index (χ1) is 18.5. The number of nitrogens with zero attached hydrogens (tertiary/aromatic N) is 2. The molecular weight excluding hydrogens is 611 g/mol. The number of hydrogen-bond acceptors (Lipinski definition) is 6. The summed E-state index contributed by atoms with van der Waals surface area (Å²) in [5.41, 5.74) is 6.11. The molecule has 0 bridgehead atoms. The van der Waals surface area contributed by atoms with Crippen LogP contribution in [0, 0.1) is 3.57 Å². The molecule has 0 saturated heterocycles. The van der Waals surface area contributed by atoms with E-state index in [0.717, 1.165) is 46.6 Å². The van der Waals surface area contributed by atoms with Crippen LogP contribution in [0.2, 0.25) is 0 Å². The second-order valence-corrected chi connectivity index (χ2v) is 11.3. The number of hydrogen-bond donors (Lipinski definition) is 1. The molecule has 0 unspecified atom stereocenters. The zero-order chi connectivity index (χ0) is 26.4. The summed E-state index contributed by atoms with van der Waals surface area (Å²) in [5.74, 6) is 1.25. The number of allylic oxidation sites excluding steroid dienone is 1. The predicted molar refractivity (Wildman–Crippen MR) is 158 cm³/mol. The van der Waals surface area contributed by atoms with Crippen LogP contribution in [-0.4, -0.2) is 23.4 Å². The molecule has 3 aromatic carbocycles. The molecule has 1 atom stereocenters. The first-order valence-electron chi connectivity index (χ1n) is 12.4. The van der Waals surface area contributed by atoms with Gasteiger partial charge in [0, 0.05) is 11.1 Å². The lowest BCUT2D eigenvalue weighted by Gasteiger charge is -2.31. The number of methoxy groups -OCH3 is 1. The summed E-state index contributed by atoms with van der Waals surface area (Å²) < 4.78 is 14.4. The molecule has 1 aromatic heterocycles. The highest BCUT2D eigenvalue weighted by Crippen LogP contribution is 2.43. The van der Waals surface area contributed by atoms with E-state index in [9.17, 15) is 9.90 Å². The first-order valence-corrected chi connectivity index (χ1v) is 14.3. The molecule has 0 fully saturated rings. The Kier molecular flexibility index (Phi) is 6.61. The molecule has 2 heterocycles. The lowest BCUT2D eigenvalue weighted by atomic mass is 9.83. The fraction of sp³-hybridized carbons (Fsp3) is 0.200. The van der Waals surface area contributed by atoms with Gasteiger partial charge in [-0.3, -0.25) is 9.36 Å². The summed E-state index contributed by atoms with van der Waals surface area (Å²) >= 11 is 3.45. The van der Waals surface area contributed by atoms with E-state index in [0.29, 0.717) is 25.3 Å². The molecule has 192 valence electrons. The van der Waals surface area contributed by atoms with Crippen LogP contribution >= 0.6 is 33.9 Å². The van der Waals surface area contributed by atoms with Gasteiger partial charge in [-0.25, -0.2) is 4.99 Å². The number of aryl methyl sites for hydroxylation is 1. The summed E-state index contributed by atoms with van der Waals surface area (Å²) in [6.07, 6.45) is 3.56. The maximum absolute atomic E-state index is 14.0. The normalized spacial score (nSPS) is 16.4. The molecule has 6 rings (SSSR count). The van der Waals surface area contributed by atoms with Crippen molar-refractivity contribution < 1.29 is 14.6 Å². The monoisotopic (exact) mass is 636 g/mol. The van der Waals surface area contributed by atoms with E-state index >= 15 is 0 Å². The summed E-state index contributed by atoms with van der Waals surface area (Å²) in [5, 5.41) is 10.4. The average molecular weight is 637 g/mol. The van der Waals surface area contributed by atoms with Crippen LogP contribution in [0.3, 0.4) is 0 Å². The second-order valence-electron chi connectivity index (χ2n) is 9.14. The average Bonchev–Trinajstić information content (AvgIpc) is 3.24. The van der Waals surface area contributed by atoms with E-state index in [1.807, 2.05) is 54.0 Å². The number of aromatic hydroxyl groups is 1. The Morgan fingerprint density at radius 3 is 2.74 bits per heavy atom. The number of aromatic nitrogens is 1. The van der Waals surface area contributed by atoms with E-state index in [-0.39, 0.29) is 17.4 Å². The van der Waals surface area contributed by atoms with Crippen molar-refractivity contribution in [2.24, 2.45) is 4.99 Å². The third-order valence-corrected chi connectivity index (χ3v) is 8.76. The number of benzene rings is 3. The van der Waals surface area contributed by atoms with Gasteiger partial charge in [-0.2, -0.15) is 0 Å². The third-order valence-electron chi connectivity index (χ3n) is 6.95. The fourth-order valence-electron chi connectivity index (χ4n) is 5.29.